The smallest absolute Gasteiger partial charge is 0.416 e. The molecular formula is C20H20ClF3N2O5S. The Kier molecular flexibility index (Phi) is 7.59. The lowest BCUT2D eigenvalue weighted by Gasteiger charge is -2.21. The maximum absolute atomic E-state index is 12.6. The van der Waals surface area contributed by atoms with Gasteiger partial charge < -0.3 is 10.1 Å². The fraction of sp³-hybridized carbons (Fsp3) is 0.300. The fourth-order valence-electron chi connectivity index (χ4n) is 2.45. The van der Waals surface area contributed by atoms with Crippen LogP contribution >= 0.6 is 11.6 Å². The number of alkyl halides is 3. The number of benzene rings is 2. The zero-order chi connectivity index (χ0) is 24.3. The summed E-state index contributed by atoms with van der Waals surface area (Å²) in [4.78, 5) is 23.8. The first-order valence-electron chi connectivity index (χ1n) is 9.06. The second-order valence-electron chi connectivity index (χ2n) is 7.70. The number of hydrogen-bond donors (Lipinski definition) is 2. The Balaban J connectivity index is 2.04. The number of halogens is 4. The number of hydrogen-bond acceptors (Lipinski definition) is 5. The number of carbonyl (C=O) groups excluding carboxylic acids is 2. The third kappa shape index (κ3) is 7.21. The maximum atomic E-state index is 12.6. The third-order valence-corrected chi connectivity index (χ3v) is 5.97. The summed E-state index contributed by atoms with van der Waals surface area (Å²) in [5.74, 6) is -1.79. The molecule has 0 aliphatic rings. The van der Waals surface area contributed by atoms with E-state index in [2.05, 4.69) is 10.0 Å². The van der Waals surface area contributed by atoms with Gasteiger partial charge in [-0.3, -0.25) is 4.79 Å². The Morgan fingerprint density at radius 1 is 1.03 bits per heavy atom. The van der Waals surface area contributed by atoms with Crippen molar-refractivity contribution in [2.45, 2.75) is 37.4 Å². The summed E-state index contributed by atoms with van der Waals surface area (Å²) in [5, 5.41) is 2.17. The lowest BCUT2D eigenvalue weighted by Crippen LogP contribution is -2.40. The largest absolute Gasteiger partial charge is 0.452 e. The van der Waals surface area contributed by atoms with Gasteiger partial charge in [0, 0.05) is 11.2 Å². The number of amides is 1. The van der Waals surface area contributed by atoms with Crippen LogP contribution in [0.15, 0.2) is 47.4 Å². The molecule has 0 fully saturated rings. The predicted octanol–water partition coefficient (Wildman–Crippen LogP) is 4.23. The molecule has 0 aromatic heterocycles. The van der Waals surface area contributed by atoms with Crippen LogP contribution in [-0.2, 0) is 25.7 Å². The minimum atomic E-state index is -4.51. The number of ether oxygens (including phenoxy) is 1. The minimum absolute atomic E-state index is 0.0761. The highest BCUT2D eigenvalue weighted by molar-refractivity contribution is 7.89. The average Bonchev–Trinajstić information content (AvgIpc) is 2.64. The Labute approximate surface area is 188 Å². The molecule has 0 unspecified atom stereocenters. The lowest BCUT2D eigenvalue weighted by atomic mass is 10.1. The van der Waals surface area contributed by atoms with Gasteiger partial charge >= 0.3 is 12.1 Å². The van der Waals surface area contributed by atoms with Crippen LogP contribution in [0.3, 0.4) is 0 Å². The van der Waals surface area contributed by atoms with Gasteiger partial charge in [0.05, 0.1) is 16.1 Å². The van der Waals surface area contributed by atoms with Crippen LogP contribution in [0.1, 0.15) is 36.7 Å². The van der Waals surface area contributed by atoms with Crippen molar-refractivity contribution in [3.63, 3.8) is 0 Å². The first-order chi connectivity index (χ1) is 14.6. The van der Waals surface area contributed by atoms with Crippen molar-refractivity contribution in [2.75, 3.05) is 11.9 Å². The van der Waals surface area contributed by atoms with Gasteiger partial charge in [-0.1, -0.05) is 11.6 Å². The summed E-state index contributed by atoms with van der Waals surface area (Å²) in [7, 11) is -4.04. The Bertz CT molecular complexity index is 1110. The van der Waals surface area contributed by atoms with E-state index in [-0.39, 0.29) is 21.2 Å². The van der Waals surface area contributed by atoms with Gasteiger partial charge in [0.2, 0.25) is 10.0 Å². The molecule has 0 radical (unpaired) electrons. The molecule has 0 bridgehead atoms. The number of anilines is 1. The van der Waals surface area contributed by atoms with E-state index < -0.39 is 45.8 Å². The number of carbonyl (C=O) groups is 2. The van der Waals surface area contributed by atoms with Crippen LogP contribution in [0.25, 0.3) is 0 Å². The first kappa shape index (κ1) is 25.6. The minimum Gasteiger partial charge on any atom is -0.452 e. The summed E-state index contributed by atoms with van der Waals surface area (Å²) < 4.78 is 70.0. The molecule has 0 spiro atoms. The van der Waals surface area contributed by atoms with Crippen molar-refractivity contribution < 1.29 is 35.9 Å². The van der Waals surface area contributed by atoms with Crippen molar-refractivity contribution in [2.24, 2.45) is 0 Å². The molecule has 2 aromatic carbocycles. The zero-order valence-electron chi connectivity index (χ0n) is 17.2. The highest BCUT2D eigenvalue weighted by atomic mass is 35.5. The van der Waals surface area contributed by atoms with Gasteiger partial charge in [-0.15, -0.1) is 0 Å². The Hall–Kier alpha value is -2.63. The van der Waals surface area contributed by atoms with Crippen LogP contribution < -0.4 is 10.0 Å². The summed E-state index contributed by atoms with van der Waals surface area (Å²) in [5.41, 5.74) is -1.76. The molecule has 2 N–H and O–H groups in total. The number of esters is 1. The van der Waals surface area contributed by atoms with Crippen molar-refractivity contribution in [3.05, 3.63) is 58.6 Å². The maximum Gasteiger partial charge on any atom is 0.416 e. The predicted molar refractivity (Wildman–Crippen MR) is 112 cm³/mol. The Morgan fingerprint density at radius 3 is 2.16 bits per heavy atom. The third-order valence-electron chi connectivity index (χ3n) is 3.73. The van der Waals surface area contributed by atoms with Gasteiger partial charge in [0.1, 0.15) is 4.90 Å². The van der Waals surface area contributed by atoms with E-state index in [1.807, 2.05) is 0 Å². The normalized spacial score (nSPS) is 12.3. The molecule has 12 heteroatoms. The number of nitrogens with one attached hydrogen (secondary N) is 2. The molecule has 7 nitrogen and oxygen atoms in total. The second kappa shape index (κ2) is 9.47. The molecule has 0 atom stereocenters. The number of sulfonamides is 1. The SMILES string of the molecule is CC(C)(C)NS(=O)(=O)c1cc(C(=O)OCC(=O)Nc2ccc(C(F)(F)F)cc2)ccc1Cl. The lowest BCUT2D eigenvalue weighted by molar-refractivity contribution is -0.137. The topological polar surface area (TPSA) is 102 Å². The molecule has 32 heavy (non-hydrogen) atoms. The van der Waals surface area contributed by atoms with E-state index in [1.54, 1.807) is 20.8 Å². The summed E-state index contributed by atoms with van der Waals surface area (Å²) in [6, 6.07) is 7.16. The van der Waals surface area contributed by atoms with E-state index >= 15 is 0 Å². The quantitative estimate of drug-likeness (QED) is 0.588. The summed E-state index contributed by atoms with van der Waals surface area (Å²) in [6.07, 6.45) is -4.51. The van der Waals surface area contributed by atoms with Crippen molar-refractivity contribution in [1.29, 1.82) is 0 Å². The number of rotatable bonds is 6. The van der Waals surface area contributed by atoms with Crippen molar-refractivity contribution >= 4 is 39.2 Å². The molecule has 174 valence electrons. The molecule has 0 aliphatic heterocycles. The molecule has 0 saturated heterocycles. The zero-order valence-corrected chi connectivity index (χ0v) is 18.8. The Morgan fingerprint density at radius 2 is 1.62 bits per heavy atom. The molecule has 0 saturated carbocycles. The van der Waals surface area contributed by atoms with Crippen molar-refractivity contribution in [1.82, 2.24) is 4.72 Å². The molecule has 0 heterocycles. The fourth-order valence-corrected chi connectivity index (χ4v) is 4.39. The molecule has 0 aliphatic carbocycles. The van der Waals surface area contributed by atoms with Gasteiger partial charge in [-0.2, -0.15) is 13.2 Å². The van der Waals surface area contributed by atoms with Crippen LogP contribution in [0.5, 0.6) is 0 Å². The van der Waals surface area contributed by atoms with Crippen LogP contribution in [-0.4, -0.2) is 32.4 Å². The van der Waals surface area contributed by atoms with Gasteiger partial charge in [0.25, 0.3) is 5.91 Å². The van der Waals surface area contributed by atoms with Gasteiger partial charge in [-0.05, 0) is 63.2 Å². The highest BCUT2D eigenvalue weighted by Gasteiger charge is 2.30. The van der Waals surface area contributed by atoms with Gasteiger partial charge in [0.15, 0.2) is 6.61 Å². The standard InChI is InChI=1S/C20H20ClF3N2O5S/c1-19(2,3)26-32(29,30)16-10-12(4-9-15(16)21)18(28)31-11-17(27)25-14-7-5-13(6-8-14)20(22,23)24/h4-10,26H,11H2,1-3H3,(H,25,27). The van der Waals surface area contributed by atoms with Crippen LogP contribution in [0.4, 0.5) is 18.9 Å². The van der Waals surface area contributed by atoms with E-state index in [0.29, 0.717) is 0 Å². The van der Waals surface area contributed by atoms with Crippen molar-refractivity contribution in [3.8, 4) is 0 Å². The molecule has 2 aromatic rings. The van der Waals surface area contributed by atoms with E-state index in [9.17, 15) is 31.2 Å². The van der Waals surface area contributed by atoms with Crippen LogP contribution in [0.2, 0.25) is 5.02 Å². The van der Waals surface area contributed by atoms with Gasteiger partial charge in [-0.25, -0.2) is 17.9 Å². The first-order valence-corrected chi connectivity index (χ1v) is 10.9. The van der Waals surface area contributed by atoms with E-state index in [4.69, 9.17) is 16.3 Å². The summed E-state index contributed by atoms with van der Waals surface area (Å²) >= 11 is 5.97. The molecule has 1 amide bonds. The highest BCUT2D eigenvalue weighted by Crippen LogP contribution is 2.30. The van der Waals surface area contributed by atoms with E-state index in [1.165, 1.54) is 12.1 Å². The van der Waals surface area contributed by atoms with E-state index in [0.717, 1.165) is 30.3 Å². The van der Waals surface area contributed by atoms with Crippen LogP contribution in [0, 0.1) is 0 Å². The monoisotopic (exact) mass is 492 g/mol. The average molecular weight is 493 g/mol. The summed E-state index contributed by atoms with van der Waals surface area (Å²) in [6.45, 7) is 4.15. The molecular weight excluding hydrogens is 473 g/mol. The second-order valence-corrected chi connectivity index (χ2v) is 9.76. The molecule has 2 rings (SSSR count).